The van der Waals surface area contributed by atoms with Gasteiger partial charge in [-0.15, -0.1) is 11.8 Å². The molecule has 0 atom stereocenters. The summed E-state index contributed by atoms with van der Waals surface area (Å²) in [6.45, 7) is 1.78. The van der Waals surface area contributed by atoms with Crippen LogP contribution in [0.3, 0.4) is 0 Å². The maximum absolute atomic E-state index is 5.20. The largest absolute Gasteiger partial charge is 0.497 e. The number of nitrogens with zero attached hydrogens (tertiary/aromatic N) is 1. The van der Waals surface area contributed by atoms with Crippen molar-refractivity contribution in [3.8, 4) is 5.75 Å². The van der Waals surface area contributed by atoms with Gasteiger partial charge in [0, 0.05) is 29.9 Å². The summed E-state index contributed by atoms with van der Waals surface area (Å²) in [4.78, 5) is 5.51. The summed E-state index contributed by atoms with van der Waals surface area (Å²) in [5.74, 6) is 1.94. The molecule has 0 fully saturated rings. The molecule has 0 aliphatic rings. The van der Waals surface area contributed by atoms with Crippen LogP contribution in [0.25, 0.3) is 0 Å². The maximum Gasteiger partial charge on any atom is 0.119 e. The van der Waals surface area contributed by atoms with Crippen LogP contribution in [0, 0.1) is 0 Å². The first kappa shape index (κ1) is 13.9. The highest BCUT2D eigenvalue weighted by atomic mass is 32.2. The first-order chi connectivity index (χ1) is 9.38. The Labute approximate surface area is 118 Å². The minimum absolute atomic E-state index is 0.819. The number of hydrogen-bond donors (Lipinski definition) is 1. The molecule has 2 rings (SSSR count). The van der Waals surface area contributed by atoms with E-state index in [1.54, 1.807) is 7.11 Å². The molecule has 3 nitrogen and oxygen atoms in total. The van der Waals surface area contributed by atoms with Crippen LogP contribution in [0.1, 0.15) is 5.69 Å². The van der Waals surface area contributed by atoms with Crippen molar-refractivity contribution in [2.45, 2.75) is 11.4 Å². The molecule has 1 aromatic carbocycles. The smallest absolute Gasteiger partial charge is 0.119 e. The van der Waals surface area contributed by atoms with E-state index in [0.29, 0.717) is 0 Å². The number of aromatic nitrogens is 1. The lowest BCUT2D eigenvalue weighted by Crippen LogP contribution is -2.17. The third-order valence-electron chi connectivity index (χ3n) is 2.62. The lowest BCUT2D eigenvalue weighted by atomic mass is 10.3. The Kier molecular flexibility index (Phi) is 5.72. The van der Waals surface area contributed by atoms with Crippen LogP contribution in [0.5, 0.6) is 5.75 Å². The van der Waals surface area contributed by atoms with Gasteiger partial charge < -0.3 is 10.1 Å². The molecule has 0 aliphatic heterocycles. The lowest BCUT2D eigenvalue weighted by Gasteiger charge is -2.05. The van der Waals surface area contributed by atoms with E-state index in [4.69, 9.17) is 4.74 Å². The van der Waals surface area contributed by atoms with Crippen LogP contribution in [0.4, 0.5) is 0 Å². The predicted octanol–water partition coefficient (Wildman–Crippen LogP) is 2.97. The first-order valence-electron chi connectivity index (χ1n) is 6.26. The van der Waals surface area contributed by atoms with E-state index in [2.05, 4.69) is 22.4 Å². The molecule has 19 heavy (non-hydrogen) atoms. The number of pyridine rings is 1. The maximum atomic E-state index is 5.20. The van der Waals surface area contributed by atoms with Crippen LogP contribution in [-0.2, 0) is 6.54 Å². The third-order valence-corrected chi connectivity index (χ3v) is 3.62. The lowest BCUT2D eigenvalue weighted by molar-refractivity contribution is 0.413. The predicted molar refractivity (Wildman–Crippen MR) is 79.7 cm³/mol. The van der Waals surface area contributed by atoms with Crippen molar-refractivity contribution < 1.29 is 4.74 Å². The van der Waals surface area contributed by atoms with Crippen molar-refractivity contribution in [2.24, 2.45) is 0 Å². The van der Waals surface area contributed by atoms with Gasteiger partial charge in [-0.3, -0.25) is 4.98 Å². The van der Waals surface area contributed by atoms with Gasteiger partial charge in [0.25, 0.3) is 0 Å². The highest BCUT2D eigenvalue weighted by Crippen LogP contribution is 2.22. The van der Waals surface area contributed by atoms with Crippen LogP contribution < -0.4 is 10.1 Å². The summed E-state index contributed by atoms with van der Waals surface area (Å²) < 4.78 is 5.20. The normalized spacial score (nSPS) is 10.4. The number of rotatable bonds is 7. The average Bonchev–Trinajstić information content (AvgIpc) is 2.48. The average molecular weight is 274 g/mol. The van der Waals surface area contributed by atoms with E-state index in [1.165, 1.54) is 4.90 Å². The second-order valence-corrected chi connectivity index (χ2v) is 5.19. The van der Waals surface area contributed by atoms with Gasteiger partial charge in [0.1, 0.15) is 5.75 Å². The van der Waals surface area contributed by atoms with Crippen molar-refractivity contribution in [2.75, 3.05) is 19.4 Å². The molecule has 4 heteroatoms. The van der Waals surface area contributed by atoms with E-state index < -0.39 is 0 Å². The van der Waals surface area contributed by atoms with Gasteiger partial charge in [-0.25, -0.2) is 0 Å². The molecular formula is C15H18N2OS. The van der Waals surface area contributed by atoms with Gasteiger partial charge in [0.05, 0.1) is 12.8 Å². The van der Waals surface area contributed by atoms with Crippen LogP contribution in [0.2, 0.25) is 0 Å². The van der Waals surface area contributed by atoms with Crippen molar-refractivity contribution in [3.63, 3.8) is 0 Å². The molecule has 0 aliphatic carbocycles. The third kappa shape index (κ3) is 4.93. The van der Waals surface area contributed by atoms with E-state index in [1.807, 2.05) is 48.3 Å². The van der Waals surface area contributed by atoms with Crippen LogP contribution in [-0.4, -0.2) is 24.4 Å². The molecular weight excluding hydrogens is 256 g/mol. The zero-order valence-corrected chi connectivity index (χ0v) is 11.8. The van der Waals surface area contributed by atoms with E-state index in [0.717, 1.165) is 30.3 Å². The minimum Gasteiger partial charge on any atom is -0.497 e. The fourth-order valence-corrected chi connectivity index (χ4v) is 2.51. The van der Waals surface area contributed by atoms with E-state index >= 15 is 0 Å². The Morgan fingerprint density at radius 3 is 2.95 bits per heavy atom. The summed E-state index contributed by atoms with van der Waals surface area (Å²) in [6, 6.07) is 14.1. The second kappa shape index (κ2) is 7.81. The van der Waals surface area contributed by atoms with Gasteiger partial charge >= 0.3 is 0 Å². The molecule has 0 saturated carbocycles. The zero-order chi connectivity index (χ0) is 13.3. The second-order valence-electron chi connectivity index (χ2n) is 4.03. The molecule has 0 bridgehead atoms. The highest BCUT2D eigenvalue weighted by Gasteiger charge is 1.97. The quantitative estimate of drug-likeness (QED) is 0.622. The molecule has 1 N–H and O–H groups in total. The first-order valence-corrected chi connectivity index (χ1v) is 7.24. The van der Waals surface area contributed by atoms with E-state index in [-0.39, 0.29) is 0 Å². The van der Waals surface area contributed by atoms with Gasteiger partial charge in [-0.05, 0) is 30.3 Å². The molecule has 0 saturated heterocycles. The summed E-state index contributed by atoms with van der Waals surface area (Å²) in [7, 11) is 1.69. The number of benzene rings is 1. The fraction of sp³-hybridized carbons (Fsp3) is 0.267. The number of hydrogen-bond acceptors (Lipinski definition) is 4. The Bertz CT molecular complexity index is 491. The summed E-state index contributed by atoms with van der Waals surface area (Å²) in [5, 5.41) is 3.39. The molecule has 0 unspecified atom stereocenters. The van der Waals surface area contributed by atoms with E-state index in [9.17, 15) is 0 Å². The molecule has 0 radical (unpaired) electrons. The minimum atomic E-state index is 0.819. The van der Waals surface area contributed by atoms with Crippen LogP contribution in [0.15, 0.2) is 53.6 Å². The standard InChI is InChI=1S/C15H18N2OS/c1-18-14-6-4-7-15(11-14)19-10-9-16-12-13-5-2-3-8-17-13/h2-8,11,16H,9-10,12H2,1H3. The summed E-state index contributed by atoms with van der Waals surface area (Å²) in [6.07, 6.45) is 1.82. The SMILES string of the molecule is COc1cccc(SCCNCc2ccccn2)c1. The molecule has 0 spiro atoms. The molecule has 2 aromatic rings. The van der Waals surface area contributed by atoms with Crippen molar-refractivity contribution in [3.05, 3.63) is 54.4 Å². The topological polar surface area (TPSA) is 34.1 Å². The highest BCUT2D eigenvalue weighted by molar-refractivity contribution is 7.99. The Balaban J connectivity index is 1.66. The summed E-state index contributed by atoms with van der Waals surface area (Å²) >= 11 is 1.82. The number of nitrogens with one attached hydrogen (secondary N) is 1. The zero-order valence-electron chi connectivity index (χ0n) is 11.0. The van der Waals surface area contributed by atoms with Gasteiger partial charge in [0.2, 0.25) is 0 Å². The van der Waals surface area contributed by atoms with Crippen molar-refractivity contribution in [1.29, 1.82) is 0 Å². The van der Waals surface area contributed by atoms with Gasteiger partial charge in [0.15, 0.2) is 0 Å². The molecule has 1 heterocycles. The number of thioether (sulfide) groups is 1. The Morgan fingerprint density at radius 1 is 1.21 bits per heavy atom. The molecule has 1 aromatic heterocycles. The number of methoxy groups -OCH3 is 1. The van der Waals surface area contributed by atoms with Crippen LogP contribution >= 0.6 is 11.8 Å². The van der Waals surface area contributed by atoms with Gasteiger partial charge in [-0.2, -0.15) is 0 Å². The number of ether oxygens (including phenoxy) is 1. The molecule has 100 valence electrons. The molecule has 0 amide bonds. The Morgan fingerprint density at radius 2 is 2.16 bits per heavy atom. The fourth-order valence-electron chi connectivity index (χ4n) is 1.65. The van der Waals surface area contributed by atoms with Crippen molar-refractivity contribution in [1.82, 2.24) is 10.3 Å². The summed E-state index contributed by atoms with van der Waals surface area (Å²) in [5.41, 5.74) is 1.08. The van der Waals surface area contributed by atoms with Crippen molar-refractivity contribution >= 4 is 11.8 Å². The Hall–Kier alpha value is -1.52. The monoisotopic (exact) mass is 274 g/mol. The van der Waals surface area contributed by atoms with Gasteiger partial charge in [-0.1, -0.05) is 12.1 Å².